The minimum absolute atomic E-state index is 0.328. The normalized spacial score (nSPS) is 14.8. The van der Waals surface area contributed by atoms with E-state index in [9.17, 15) is 0 Å². The summed E-state index contributed by atoms with van der Waals surface area (Å²) in [7, 11) is 0. The molecule has 0 unspecified atom stereocenters. The summed E-state index contributed by atoms with van der Waals surface area (Å²) in [5, 5.41) is 7.70. The lowest BCUT2D eigenvalue weighted by Crippen LogP contribution is -2.16. The summed E-state index contributed by atoms with van der Waals surface area (Å²) in [6.45, 7) is 4.96. The van der Waals surface area contributed by atoms with Gasteiger partial charge in [-0.05, 0) is 32.8 Å². The van der Waals surface area contributed by atoms with Crippen molar-refractivity contribution in [3.8, 4) is 11.6 Å². The highest BCUT2D eigenvalue weighted by molar-refractivity contribution is 5.23. The predicted octanol–water partition coefficient (Wildman–Crippen LogP) is 2.90. The fraction of sp³-hybridized carbons (Fsp3) is 0.467. The molecule has 1 aliphatic carbocycles. The van der Waals surface area contributed by atoms with E-state index in [0.29, 0.717) is 18.0 Å². The molecule has 0 aliphatic heterocycles. The van der Waals surface area contributed by atoms with Gasteiger partial charge in [-0.2, -0.15) is 5.10 Å². The maximum atomic E-state index is 5.75. The van der Waals surface area contributed by atoms with Crippen LogP contribution in [0.2, 0.25) is 0 Å². The lowest BCUT2D eigenvalue weighted by Gasteiger charge is -2.06. The van der Waals surface area contributed by atoms with Gasteiger partial charge in [0.15, 0.2) is 5.75 Å². The molecule has 2 heterocycles. The van der Waals surface area contributed by atoms with Crippen LogP contribution in [0.1, 0.15) is 38.4 Å². The second kappa shape index (κ2) is 5.63. The average molecular weight is 272 g/mol. The van der Waals surface area contributed by atoms with Crippen LogP contribution in [0.3, 0.4) is 0 Å². The van der Waals surface area contributed by atoms with Crippen molar-refractivity contribution in [3.63, 3.8) is 0 Å². The molecule has 0 spiro atoms. The molecule has 1 N–H and O–H groups in total. The Kier molecular flexibility index (Phi) is 3.69. The molecule has 2 aromatic rings. The van der Waals surface area contributed by atoms with Crippen molar-refractivity contribution in [2.45, 2.75) is 45.3 Å². The molecular weight excluding hydrogens is 252 g/mol. The van der Waals surface area contributed by atoms with Crippen LogP contribution in [-0.2, 0) is 6.54 Å². The maximum Gasteiger partial charge on any atom is 0.219 e. The Labute approximate surface area is 119 Å². The zero-order valence-corrected chi connectivity index (χ0v) is 11.9. The van der Waals surface area contributed by atoms with Crippen molar-refractivity contribution in [2.24, 2.45) is 0 Å². The van der Waals surface area contributed by atoms with E-state index >= 15 is 0 Å². The maximum absolute atomic E-state index is 5.75. The molecule has 106 valence electrons. The standard InChI is InChI=1S/C15H20N4O/c1-11(2)19-10-14(9-17-19)20-15-5-3-4-13(18-15)8-16-12-6-7-12/h3-5,9-12,16H,6-8H2,1-2H3. The first kappa shape index (κ1) is 13.1. The Morgan fingerprint density at radius 3 is 2.95 bits per heavy atom. The zero-order valence-electron chi connectivity index (χ0n) is 11.9. The Morgan fingerprint density at radius 2 is 2.25 bits per heavy atom. The molecular formula is C15H20N4O. The van der Waals surface area contributed by atoms with E-state index in [1.165, 1.54) is 12.8 Å². The van der Waals surface area contributed by atoms with Gasteiger partial charge in [-0.3, -0.25) is 4.68 Å². The number of rotatable bonds is 6. The molecule has 5 nitrogen and oxygen atoms in total. The summed E-state index contributed by atoms with van der Waals surface area (Å²) in [5.74, 6) is 1.34. The highest BCUT2D eigenvalue weighted by Gasteiger charge is 2.20. The van der Waals surface area contributed by atoms with E-state index < -0.39 is 0 Å². The second-order valence-corrected chi connectivity index (χ2v) is 5.47. The third-order valence-corrected chi connectivity index (χ3v) is 3.26. The lowest BCUT2D eigenvalue weighted by atomic mass is 10.3. The van der Waals surface area contributed by atoms with Crippen molar-refractivity contribution < 1.29 is 4.74 Å². The average Bonchev–Trinajstić information content (AvgIpc) is 3.15. The number of nitrogens with zero attached hydrogens (tertiary/aromatic N) is 3. The fourth-order valence-corrected chi connectivity index (χ4v) is 1.93. The SMILES string of the molecule is CC(C)n1cc(Oc2cccc(CNC3CC3)n2)cn1. The summed E-state index contributed by atoms with van der Waals surface area (Å²) in [6.07, 6.45) is 6.17. The summed E-state index contributed by atoms with van der Waals surface area (Å²) in [4.78, 5) is 4.50. The van der Waals surface area contributed by atoms with Gasteiger partial charge in [0.05, 0.1) is 18.1 Å². The third kappa shape index (κ3) is 3.36. The van der Waals surface area contributed by atoms with Gasteiger partial charge in [-0.25, -0.2) is 4.98 Å². The van der Waals surface area contributed by atoms with Gasteiger partial charge in [0.2, 0.25) is 5.88 Å². The second-order valence-electron chi connectivity index (χ2n) is 5.47. The number of aromatic nitrogens is 3. The van der Waals surface area contributed by atoms with Gasteiger partial charge in [-0.15, -0.1) is 0 Å². The smallest absolute Gasteiger partial charge is 0.219 e. The summed E-state index contributed by atoms with van der Waals surface area (Å²) in [5.41, 5.74) is 1.01. The Hall–Kier alpha value is -1.88. The van der Waals surface area contributed by atoms with E-state index in [-0.39, 0.29) is 0 Å². The van der Waals surface area contributed by atoms with Gasteiger partial charge in [0, 0.05) is 24.7 Å². The van der Waals surface area contributed by atoms with E-state index in [0.717, 1.165) is 18.0 Å². The van der Waals surface area contributed by atoms with Crippen LogP contribution in [0, 0.1) is 0 Å². The molecule has 1 fully saturated rings. The van der Waals surface area contributed by atoms with E-state index in [2.05, 4.69) is 29.2 Å². The third-order valence-electron chi connectivity index (χ3n) is 3.26. The van der Waals surface area contributed by atoms with Crippen LogP contribution in [-0.4, -0.2) is 20.8 Å². The van der Waals surface area contributed by atoms with Crippen molar-refractivity contribution in [1.82, 2.24) is 20.1 Å². The highest BCUT2D eigenvalue weighted by Crippen LogP contribution is 2.21. The topological polar surface area (TPSA) is 52.0 Å². The van der Waals surface area contributed by atoms with Crippen LogP contribution in [0.25, 0.3) is 0 Å². The first-order valence-electron chi connectivity index (χ1n) is 7.12. The van der Waals surface area contributed by atoms with Crippen molar-refractivity contribution >= 4 is 0 Å². The monoisotopic (exact) mass is 272 g/mol. The van der Waals surface area contributed by atoms with Crippen molar-refractivity contribution in [3.05, 3.63) is 36.3 Å². The summed E-state index contributed by atoms with van der Waals surface area (Å²) >= 11 is 0. The molecule has 0 radical (unpaired) electrons. The molecule has 0 saturated heterocycles. The van der Waals surface area contributed by atoms with Crippen LogP contribution in [0.15, 0.2) is 30.6 Å². The molecule has 0 bridgehead atoms. The number of hydrogen-bond acceptors (Lipinski definition) is 4. The van der Waals surface area contributed by atoms with Gasteiger partial charge in [-0.1, -0.05) is 6.07 Å². The van der Waals surface area contributed by atoms with Crippen LogP contribution < -0.4 is 10.1 Å². The molecule has 20 heavy (non-hydrogen) atoms. The quantitative estimate of drug-likeness (QED) is 0.878. The van der Waals surface area contributed by atoms with Crippen LogP contribution >= 0.6 is 0 Å². The molecule has 1 saturated carbocycles. The number of pyridine rings is 1. The van der Waals surface area contributed by atoms with Crippen molar-refractivity contribution in [2.75, 3.05) is 0 Å². The molecule has 0 amide bonds. The minimum Gasteiger partial charge on any atom is -0.436 e. The molecule has 0 aromatic carbocycles. The van der Waals surface area contributed by atoms with E-state index in [1.807, 2.05) is 29.1 Å². The highest BCUT2D eigenvalue weighted by atomic mass is 16.5. The van der Waals surface area contributed by atoms with Gasteiger partial charge in [0.25, 0.3) is 0 Å². The molecule has 5 heteroatoms. The first-order chi connectivity index (χ1) is 9.70. The minimum atomic E-state index is 0.328. The van der Waals surface area contributed by atoms with Gasteiger partial charge in [0.1, 0.15) is 0 Å². The molecule has 1 aliphatic rings. The molecule has 3 rings (SSSR count). The Balaban J connectivity index is 1.64. The fourth-order valence-electron chi connectivity index (χ4n) is 1.93. The van der Waals surface area contributed by atoms with Crippen LogP contribution in [0.5, 0.6) is 11.6 Å². The van der Waals surface area contributed by atoms with Crippen molar-refractivity contribution in [1.29, 1.82) is 0 Å². The number of nitrogens with one attached hydrogen (secondary N) is 1. The Bertz CT molecular complexity index is 575. The Morgan fingerprint density at radius 1 is 1.40 bits per heavy atom. The van der Waals surface area contributed by atoms with E-state index in [4.69, 9.17) is 4.74 Å². The van der Waals surface area contributed by atoms with Gasteiger partial charge < -0.3 is 10.1 Å². The number of hydrogen-bond donors (Lipinski definition) is 1. The zero-order chi connectivity index (χ0) is 13.9. The summed E-state index contributed by atoms with van der Waals surface area (Å²) < 4.78 is 7.62. The van der Waals surface area contributed by atoms with Gasteiger partial charge >= 0.3 is 0 Å². The largest absolute Gasteiger partial charge is 0.436 e. The lowest BCUT2D eigenvalue weighted by molar-refractivity contribution is 0.456. The van der Waals surface area contributed by atoms with Crippen LogP contribution in [0.4, 0.5) is 0 Å². The predicted molar refractivity (Wildman–Crippen MR) is 76.8 cm³/mol. The molecule has 2 aromatic heterocycles. The van der Waals surface area contributed by atoms with E-state index in [1.54, 1.807) is 6.20 Å². The summed E-state index contributed by atoms with van der Waals surface area (Å²) in [6, 6.07) is 6.87. The first-order valence-corrected chi connectivity index (χ1v) is 7.12. The number of ether oxygens (including phenoxy) is 1. The molecule has 0 atom stereocenters.